The van der Waals surface area contributed by atoms with Crippen LogP contribution in [0.25, 0.3) is 22.1 Å². The maximum atomic E-state index is 12.5. The van der Waals surface area contributed by atoms with Gasteiger partial charge in [0, 0.05) is 35.9 Å². The van der Waals surface area contributed by atoms with Crippen molar-refractivity contribution in [2.24, 2.45) is 0 Å². The standard InChI is InChI=1S/C25H25ClN8O/c1-33(2)20-5-3-15(4-6-20)7-21(35)28-11-19-10-16-8-18(26)9-17(22(16)32-19)12-34-14-31-23-24(27)29-13-30-25(23)34/h3-6,8-10,13-14,32H,7,11-12H2,1-2H3,(H,28,35)(H2,27,29,30). The Hall–Kier alpha value is -4.11. The molecule has 10 heteroatoms. The molecule has 3 heterocycles. The van der Waals surface area contributed by atoms with Crippen molar-refractivity contribution in [3.63, 3.8) is 0 Å². The van der Waals surface area contributed by atoms with Crippen LogP contribution in [0.4, 0.5) is 11.5 Å². The van der Waals surface area contributed by atoms with E-state index in [-0.39, 0.29) is 5.91 Å². The number of carbonyl (C=O) groups is 1. The van der Waals surface area contributed by atoms with Gasteiger partial charge < -0.3 is 25.5 Å². The lowest BCUT2D eigenvalue weighted by Gasteiger charge is -2.12. The number of nitrogens with one attached hydrogen (secondary N) is 2. The lowest BCUT2D eigenvalue weighted by atomic mass is 10.1. The van der Waals surface area contributed by atoms with Gasteiger partial charge in [-0.05, 0) is 41.5 Å². The first-order valence-electron chi connectivity index (χ1n) is 11.1. The summed E-state index contributed by atoms with van der Waals surface area (Å²) in [5, 5.41) is 4.59. The van der Waals surface area contributed by atoms with Crippen LogP contribution in [0.3, 0.4) is 0 Å². The number of hydrogen-bond acceptors (Lipinski definition) is 6. The van der Waals surface area contributed by atoms with Gasteiger partial charge in [-0.3, -0.25) is 4.79 Å². The summed E-state index contributed by atoms with van der Waals surface area (Å²) in [6.45, 7) is 0.886. The van der Waals surface area contributed by atoms with Gasteiger partial charge in [-0.25, -0.2) is 15.0 Å². The number of aromatic amines is 1. The number of anilines is 2. The fraction of sp³-hybridized carbons (Fsp3) is 0.200. The molecule has 35 heavy (non-hydrogen) atoms. The van der Waals surface area contributed by atoms with Crippen LogP contribution in [0.2, 0.25) is 5.02 Å². The molecule has 0 fully saturated rings. The summed E-state index contributed by atoms with van der Waals surface area (Å²) in [4.78, 5) is 30.6. The number of amides is 1. The number of aromatic nitrogens is 5. The van der Waals surface area contributed by atoms with Crippen LogP contribution in [0.5, 0.6) is 0 Å². The smallest absolute Gasteiger partial charge is 0.224 e. The molecule has 1 amide bonds. The van der Waals surface area contributed by atoms with Gasteiger partial charge in [0.25, 0.3) is 0 Å². The van der Waals surface area contributed by atoms with Gasteiger partial charge in [0.05, 0.1) is 31.4 Å². The average molecular weight is 489 g/mol. The Morgan fingerprint density at radius 1 is 1.14 bits per heavy atom. The summed E-state index contributed by atoms with van der Waals surface area (Å²) < 4.78 is 1.91. The number of nitrogens with zero attached hydrogens (tertiary/aromatic N) is 5. The number of rotatable bonds is 7. The molecule has 0 spiro atoms. The molecular formula is C25H25ClN8O. The molecule has 2 aromatic carbocycles. The van der Waals surface area contributed by atoms with Gasteiger partial charge in [0.1, 0.15) is 11.8 Å². The summed E-state index contributed by atoms with van der Waals surface area (Å²) in [5.74, 6) is 0.304. The zero-order valence-electron chi connectivity index (χ0n) is 19.4. The Kier molecular flexibility index (Phi) is 6.00. The molecule has 4 N–H and O–H groups in total. The van der Waals surface area contributed by atoms with E-state index < -0.39 is 0 Å². The molecule has 3 aromatic heterocycles. The van der Waals surface area contributed by atoms with Crippen LogP contribution in [0.1, 0.15) is 16.8 Å². The molecule has 5 aromatic rings. The lowest BCUT2D eigenvalue weighted by Crippen LogP contribution is -2.24. The Morgan fingerprint density at radius 3 is 2.71 bits per heavy atom. The highest BCUT2D eigenvalue weighted by atomic mass is 35.5. The SMILES string of the molecule is CN(C)c1ccc(CC(=O)NCc2cc3cc(Cl)cc(Cn4cnc5c(N)ncnc54)c3[nH]2)cc1. The van der Waals surface area contributed by atoms with E-state index >= 15 is 0 Å². The molecule has 0 aliphatic carbocycles. The summed E-state index contributed by atoms with van der Waals surface area (Å²) in [6.07, 6.45) is 3.44. The van der Waals surface area contributed by atoms with E-state index in [0.717, 1.165) is 33.4 Å². The van der Waals surface area contributed by atoms with E-state index in [1.165, 1.54) is 6.33 Å². The maximum absolute atomic E-state index is 12.5. The third kappa shape index (κ3) is 4.76. The minimum Gasteiger partial charge on any atom is -0.382 e. The Bertz CT molecular complexity index is 1520. The van der Waals surface area contributed by atoms with E-state index in [2.05, 4.69) is 25.3 Å². The number of benzene rings is 2. The van der Waals surface area contributed by atoms with Crippen LogP contribution in [0, 0.1) is 0 Å². The molecule has 0 unspecified atom stereocenters. The predicted molar refractivity (Wildman–Crippen MR) is 138 cm³/mol. The van der Waals surface area contributed by atoms with E-state index in [1.807, 2.05) is 66.0 Å². The number of imidazole rings is 1. The van der Waals surface area contributed by atoms with Crippen LogP contribution in [0.15, 0.2) is 55.1 Å². The zero-order chi connectivity index (χ0) is 24.5. The molecule has 9 nitrogen and oxygen atoms in total. The molecule has 0 saturated heterocycles. The van der Waals surface area contributed by atoms with E-state index in [4.69, 9.17) is 17.3 Å². The Morgan fingerprint density at radius 2 is 1.94 bits per heavy atom. The molecule has 0 bridgehead atoms. The van der Waals surface area contributed by atoms with E-state index in [1.54, 1.807) is 6.33 Å². The second-order valence-electron chi connectivity index (χ2n) is 8.64. The normalized spacial score (nSPS) is 11.3. The first-order chi connectivity index (χ1) is 16.9. The number of nitrogens with two attached hydrogens (primary N) is 1. The van der Waals surface area contributed by atoms with Crippen LogP contribution >= 0.6 is 11.6 Å². The number of nitrogen functional groups attached to an aromatic ring is 1. The van der Waals surface area contributed by atoms with E-state index in [9.17, 15) is 4.79 Å². The number of hydrogen-bond donors (Lipinski definition) is 3. The topological polar surface area (TPSA) is 118 Å². The molecule has 0 aliphatic rings. The van der Waals surface area contributed by atoms with Gasteiger partial charge in [-0.1, -0.05) is 23.7 Å². The van der Waals surface area contributed by atoms with E-state index in [0.29, 0.717) is 41.5 Å². The molecule has 0 saturated carbocycles. The van der Waals surface area contributed by atoms with Gasteiger partial charge in [0.2, 0.25) is 5.91 Å². The minimum atomic E-state index is -0.0401. The molecular weight excluding hydrogens is 464 g/mol. The largest absolute Gasteiger partial charge is 0.382 e. The lowest BCUT2D eigenvalue weighted by molar-refractivity contribution is -0.120. The predicted octanol–water partition coefficient (Wildman–Crippen LogP) is 3.52. The Balaban J connectivity index is 1.31. The van der Waals surface area contributed by atoms with Crippen molar-refractivity contribution >= 4 is 51.1 Å². The number of halogens is 1. The van der Waals surface area contributed by atoms with Crippen LogP contribution in [-0.4, -0.2) is 44.5 Å². The van der Waals surface area contributed by atoms with Gasteiger partial charge in [0.15, 0.2) is 11.5 Å². The molecule has 0 atom stereocenters. The Labute approximate surface area is 207 Å². The van der Waals surface area contributed by atoms with Crippen molar-refractivity contribution in [1.82, 2.24) is 29.8 Å². The molecule has 0 radical (unpaired) electrons. The average Bonchev–Trinajstić information content (AvgIpc) is 3.43. The van der Waals surface area contributed by atoms with Crippen LogP contribution in [-0.2, 0) is 24.3 Å². The highest BCUT2D eigenvalue weighted by Gasteiger charge is 2.13. The third-order valence-corrected chi connectivity index (χ3v) is 6.11. The van der Waals surface area contributed by atoms with Crippen molar-refractivity contribution in [3.8, 4) is 0 Å². The van der Waals surface area contributed by atoms with Gasteiger partial charge in [-0.15, -0.1) is 0 Å². The summed E-state index contributed by atoms with van der Waals surface area (Å²) >= 11 is 6.41. The zero-order valence-corrected chi connectivity index (χ0v) is 20.2. The van der Waals surface area contributed by atoms with Crippen molar-refractivity contribution in [2.75, 3.05) is 24.7 Å². The van der Waals surface area contributed by atoms with Crippen molar-refractivity contribution < 1.29 is 4.79 Å². The number of H-pyrrole nitrogens is 1. The van der Waals surface area contributed by atoms with Gasteiger partial charge >= 0.3 is 0 Å². The fourth-order valence-corrected chi connectivity index (χ4v) is 4.36. The monoisotopic (exact) mass is 488 g/mol. The fourth-order valence-electron chi connectivity index (χ4n) is 4.11. The van der Waals surface area contributed by atoms with Crippen molar-refractivity contribution in [3.05, 3.63) is 77.0 Å². The van der Waals surface area contributed by atoms with Crippen molar-refractivity contribution in [1.29, 1.82) is 0 Å². The highest BCUT2D eigenvalue weighted by Crippen LogP contribution is 2.26. The second-order valence-corrected chi connectivity index (χ2v) is 9.08. The minimum absolute atomic E-state index is 0.0401. The summed E-state index contributed by atoms with van der Waals surface area (Å²) in [6, 6.07) is 13.8. The first-order valence-corrected chi connectivity index (χ1v) is 11.5. The quantitative estimate of drug-likeness (QED) is 0.322. The molecule has 0 aliphatic heterocycles. The maximum Gasteiger partial charge on any atom is 0.224 e. The first kappa shape index (κ1) is 22.7. The van der Waals surface area contributed by atoms with Crippen LogP contribution < -0.4 is 16.0 Å². The summed E-state index contributed by atoms with van der Waals surface area (Å²) in [5.41, 5.74) is 12.0. The van der Waals surface area contributed by atoms with Gasteiger partial charge in [-0.2, -0.15) is 0 Å². The number of fused-ring (bicyclic) bond motifs is 2. The highest BCUT2D eigenvalue weighted by molar-refractivity contribution is 6.31. The third-order valence-electron chi connectivity index (χ3n) is 5.89. The number of carbonyl (C=O) groups excluding carboxylic acids is 1. The van der Waals surface area contributed by atoms with Crippen molar-refractivity contribution in [2.45, 2.75) is 19.5 Å². The second kappa shape index (κ2) is 9.27. The molecule has 178 valence electrons. The summed E-state index contributed by atoms with van der Waals surface area (Å²) in [7, 11) is 3.98. The molecule has 5 rings (SSSR count).